The van der Waals surface area contributed by atoms with Gasteiger partial charge in [-0.05, 0) is 18.1 Å². The molecule has 0 saturated carbocycles. The van der Waals surface area contributed by atoms with Gasteiger partial charge in [0.25, 0.3) is 0 Å². The number of hydrogen-bond donors (Lipinski definition) is 0. The maximum absolute atomic E-state index is 2.20. The van der Waals surface area contributed by atoms with Crippen LogP contribution in [-0.2, 0) is 0 Å². The van der Waals surface area contributed by atoms with Crippen LogP contribution in [0.25, 0.3) is 11.1 Å². The van der Waals surface area contributed by atoms with Crippen molar-refractivity contribution in [3.63, 3.8) is 0 Å². The van der Waals surface area contributed by atoms with Crippen molar-refractivity contribution in [3.8, 4) is 11.1 Å². The second-order valence-electron chi connectivity index (χ2n) is 3.24. The van der Waals surface area contributed by atoms with E-state index in [1.54, 1.807) is 0 Å². The Bertz CT molecular complexity index is 388. The van der Waals surface area contributed by atoms with E-state index in [4.69, 9.17) is 0 Å². The molecule has 0 nitrogen and oxygen atoms in total. The van der Waals surface area contributed by atoms with Gasteiger partial charge >= 0.3 is 0 Å². The highest BCUT2D eigenvalue weighted by atomic mass is 14.0. The van der Waals surface area contributed by atoms with E-state index < -0.39 is 0 Å². The molecule has 0 fully saturated rings. The van der Waals surface area contributed by atoms with E-state index in [2.05, 4.69) is 55.5 Å². The summed E-state index contributed by atoms with van der Waals surface area (Å²) in [5.74, 6) is 0. The second-order valence-corrected chi connectivity index (χ2v) is 3.24. The van der Waals surface area contributed by atoms with Gasteiger partial charge in [-0.2, -0.15) is 0 Å². The highest BCUT2D eigenvalue weighted by molar-refractivity contribution is 5.63. The maximum Gasteiger partial charge on any atom is -0.0181 e. The third-order valence-electron chi connectivity index (χ3n) is 2.13. The number of aryl methyl sites for hydroxylation is 1. The van der Waals surface area contributed by atoms with Crippen molar-refractivity contribution in [2.75, 3.05) is 0 Å². The van der Waals surface area contributed by atoms with E-state index in [1.807, 2.05) is 6.07 Å². The second kappa shape index (κ2) is 7.70. The van der Waals surface area contributed by atoms with E-state index in [0.29, 0.717) is 0 Å². The van der Waals surface area contributed by atoms with Crippen molar-refractivity contribution in [2.24, 2.45) is 0 Å². The molecule has 0 atom stereocenters. The normalized spacial score (nSPS) is 8.06. The van der Waals surface area contributed by atoms with Crippen molar-refractivity contribution in [1.29, 1.82) is 0 Å². The Hall–Kier alpha value is -1.56. The first kappa shape index (κ1) is 16.9. The van der Waals surface area contributed by atoms with Gasteiger partial charge in [-0.3, -0.25) is 0 Å². The molecule has 0 amide bonds. The molecule has 0 aliphatic rings. The van der Waals surface area contributed by atoms with Crippen LogP contribution in [0.5, 0.6) is 0 Å². The predicted molar refractivity (Wildman–Crippen MR) is 76.8 cm³/mol. The molecule has 0 aliphatic heterocycles. The Balaban J connectivity index is 0. The number of hydrogen-bond acceptors (Lipinski definition) is 0. The SMILES string of the molecule is C.C.C.Cc1cccc(-c2ccccc2)c1. The van der Waals surface area contributed by atoms with Gasteiger partial charge in [0.2, 0.25) is 0 Å². The van der Waals surface area contributed by atoms with Crippen molar-refractivity contribution in [2.45, 2.75) is 29.2 Å². The van der Waals surface area contributed by atoms with Crippen LogP contribution in [0.15, 0.2) is 54.6 Å². The van der Waals surface area contributed by atoms with Crippen molar-refractivity contribution < 1.29 is 0 Å². The Kier molecular flexibility index (Phi) is 8.11. The van der Waals surface area contributed by atoms with Crippen LogP contribution in [0.3, 0.4) is 0 Å². The molecule has 0 bridgehead atoms. The average molecular weight is 216 g/mol. The summed E-state index contributed by atoms with van der Waals surface area (Å²) in [6, 6.07) is 19.0. The molecule has 0 saturated heterocycles. The lowest BCUT2D eigenvalue weighted by Gasteiger charge is -2.01. The van der Waals surface area contributed by atoms with Crippen LogP contribution >= 0.6 is 0 Å². The summed E-state index contributed by atoms with van der Waals surface area (Å²) in [5, 5.41) is 0. The standard InChI is InChI=1S/C13H12.3CH4/c1-11-6-5-9-13(10-11)12-7-3-2-4-8-12;;;/h2-10H,1H3;3*1H4. The lowest BCUT2D eigenvalue weighted by atomic mass is 10.0. The molecule has 0 N–H and O–H groups in total. The van der Waals surface area contributed by atoms with E-state index in [0.717, 1.165) is 0 Å². The van der Waals surface area contributed by atoms with E-state index in [1.165, 1.54) is 16.7 Å². The minimum absolute atomic E-state index is 0. The van der Waals surface area contributed by atoms with Crippen molar-refractivity contribution >= 4 is 0 Å². The zero-order valence-corrected chi connectivity index (χ0v) is 7.70. The quantitative estimate of drug-likeness (QED) is 0.584. The van der Waals surface area contributed by atoms with Crippen LogP contribution in [0.1, 0.15) is 27.8 Å². The van der Waals surface area contributed by atoms with Crippen LogP contribution in [0.2, 0.25) is 0 Å². The molecule has 0 spiro atoms. The third kappa shape index (κ3) is 3.90. The minimum Gasteiger partial charge on any atom is -0.0776 e. The molecule has 0 aromatic heterocycles. The highest BCUT2D eigenvalue weighted by Gasteiger charge is 1.94. The molecular weight excluding hydrogens is 192 g/mol. The van der Waals surface area contributed by atoms with Gasteiger partial charge in [-0.25, -0.2) is 0 Å². The topological polar surface area (TPSA) is 0 Å². The summed E-state index contributed by atoms with van der Waals surface area (Å²) in [7, 11) is 0. The fraction of sp³-hybridized carbons (Fsp3) is 0.250. The van der Waals surface area contributed by atoms with E-state index in [9.17, 15) is 0 Å². The van der Waals surface area contributed by atoms with Crippen molar-refractivity contribution in [1.82, 2.24) is 0 Å². The van der Waals surface area contributed by atoms with Gasteiger partial charge in [0.05, 0.1) is 0 Å². The summed E-state index contributed by atoms with van der Waals surface area (Å²) in [5.41, 5.74) is 3.88. The maximum atomic E-state index is 2.20. The predicted octanol–water partition coefficient (Wildman–Crippen LogP) is 5.57. The lowest BCUT2D eigenvalue weighted by Crippen LogP contribution is -1.77. The summed E-state index contributed by atoms with van der Waals surface area (Å²) in [6.07, 6.45) is 0. The molecule has 2 aromatic rings. The summed E-state index contributed by atoms with van der Waals surface area (Å²) in [4.78, 5) is 0. The molecule has 0 heteroatoms. The zero-order valence-electron chi connectivity index (χ0n) is 7.70. The van der Waals surface area contributed by atoms with Crippen molar-refractivity contribution in [3.05, 3.63) is 60.2 Å². The molecule has 0 heterocycles. The van der Waals surface area contributed by atoms with E-state index >= 15 is 0 Å². The third-order valence-corrected chi connectivity index (χ3v) is 2.13. The zero-order chi connectivity index (χ0) is 9.10. The van der Waals surface area contributed by atoms with Crippen LogP contribution in [-0.4, -0.2) is 0 Å². The number of benzene rings is 2. The Morgan fingerprint density at radius 3 is 1.75 bits per heavy atom. The molecular formula is C16H24. The Morgan fingerprint density at radius 1 is 0.625 bits per heavy atom. The van der Waals surface area contributed by atoms with Gasteiger partial charge < -0.3 is 0 Å². The molecule has 0 radical (unpaired) electrons. The van der Waals surface area contributed by atoms with Gasteiger partial charge in [0, 0.05) is 0 Å². The first-order chi connectivity index (χ1) is 6.36. The fourth-order valence-corrected chi connectivity index (χ4v) is 1.46. The lowest BCUT2D eigenvalue weighted by molar-refractivity contribution is 1.47. The van der Waals surface area contributed by atoms with Gasteiger partial charge in [-0.1, -0.05) is 82.4 Å². The Morgan fingerprint density at radius 2 is 1.19 bits per heavy atom. The highest BCUT2D eigenvalue weighted by Crippen LogP contribution is 2.19. The van der Waals surface area contributed by atoms with Crippen LogP contribution in [0.4, 0.5) is 0 Å². The smallest absolute Gasteiger partial charge is 0.0181 e. The molecule has 2 rings (SSSR count). The summed E-state index contributed by atoms with van der Waals surface area (Å²) >= 11 is 0. The van der Waals surface area contributed by atoms with Gasteiger partial charge in [0.1, 0.15) is 0 Å². The minimum atomic E-state index is 0. The molecule has 0 aliphatic carbocycles. The molecule has 16 heavy (non-hydrogen) atoms. The van der Waals surface area contributed by atoms with Crippen LogP contribution < -0.4 is 0 Å². The molecule has 2 aromatic carbocycles. The van der Waals surface area contributed by atoms with E-state index in [-0.39, 0.29) is 22.3 Å². The summed E-state index contributed by atoms with van der Waals surface area (Å²) in [6.45, 7) is 2.12. The van der Waals surface area contributed by atoms with Crippen LogP contribution in [0, 0.1) is 6.92 Å². The molecule has 88 valence electrons. The largest absolute Gasteiger partial charge is 0.0776 e. The first-order valence-electron chi connectivity index (χ1n) is 4.48. The van der Waals surface area contributed by atoms with Gasteiger partial charge in [0.15, 0.2) is 0 Å². The number of rotatable bonds is 1. The van der Waals surface area contributed by atoms with Gasteiger partial charge in [-0.15, -0.1) is 0 Å². The first-order valence-corrected chi connectivity index (χ1v) is 4.48. The monoisotopic (exact) mass is 216 g/mol. The Labute approximate surface area is 101 Å². The summed E-state index contributed by atoms with van der Waals surface area (Å²) < 4.78 is 0. The molecule has 0 unspecified atom stereocenters. The average Bonchev–Trinajstić information content (AvgIpc) is 2.19. The fourth-order valence-electron chi connectivity index (χ4n) is 1.46.